The first-order chi connectivity index (χ1) is 11.4. The number of nitrogens with zero attached hydrogens (tertiary/aromatic N) is 1. The minimum Gasteiger partial charge on any atom is -0.496 e. The zero-order chi connectivity index (χ0) is 17.4. The lowest BCUT2D eigenvalue weighted by molar-refractivity contribution is 0.101. The van der Waals surface area contributed by atoms with Gasteiger partial charge in [-0.3, -0.25) is 4.79 Å². The molecule has 6 heteroatoms. The quantitative estimate of drug-likeness (QED) is 0.526. The number of aromatic nitrogens is 1. The lowest BCUT2D eigenvalue weighted by Gasteiger charge is -2.08. The van der Waals surface area contributed by atoms with E-state index < -0.39 is 17.5 Å². The summed E-state index contributed by atoms with van der Waals surface area (Å²) in [6.07, 6.45) is 1.57. The molecule has 124 valence electrons. The molecule has 2 aromatic carbocycles. The molecule has 3 rings (SSSR count). The van der Waals surface area contributed by atoms with Crippen LogP contribution in [0.3, 0.4) is 0 Å². The van der Waals surface area contributed by atoms with Crippen molar-refractivity contribution in [1.82, 2.24) is 4.57 Å². The van der Waals surface area contributed by atoms with Gasteiger partial charge >= 0.3 is 0 Å². The van der Waals surface area contributed by atoms with Crippen LogP contribution in [0.5, 0.6) is 5.75 Å². The summed E-state index contributed by atoms with van der Waals surface area (Å²) < 4.78 is 47.3. The maximum absolute atomic E-state index is 13.9. The van der Waals surface area contributed by atoms with Crippen molar-refractivity contribution in [2.45, 2.75) is 13.5 Å². The SMILES string of the molecule is COc1cccc2c1c(C(C)=O)cn2Cc1ccc(F)c(F)c1F. The molecule has 0 bridgehead atoms. The van der Waals surface area contributed by atoms with Crippen LogP contribution in [-0.4, -0.2) is 17.5 Å². The highest BCUT2D eigenvalue weighted by Crippen LogP contribution is 2.31. The molecule has 3 nitrogen and oxygen atoms in total. The van der Waals surface area contributed by atoms with Gasteiger partial charge in [0, 0.05) is 17.3 Å². The fourth-order valence-corrected chi connectivity index (χ4v) is 2.76. The van der Waals surface area contributed by atoms with Crippen LogP contribution in [0, 0.1) is 17.5 Å². The van der Waals surface area contributed by atoms with Crippen LogP contribution in [0.1, 0.15) is 22.8 Å². The molecule has 3 aromatic rings. The van der Waals surface area contributed by atoms with Crippen molar-refractivity contribution in [3.63, 3.8) is 0 Å². The zero-order valence-corrected chi connectivity index (χ0v) is 13.1. The van der Waals surface area contributed by atoms with Crippen LogP contribution in [0.15, 0.2) is 36.5 Å². The molecular weight excluding hydrogens is 319 g/mol. The number of carbonyl (C=O) groups is 1. The lowest BCUT2D eigenvalue weighted by atomic mass is 10.1. The number of halogens is 3. The summed E-state index contributed by atoms with van der Waals surface area (Å²) >= 11 is 0. The van der Waals surface area contributed by atoms with Gasteiger partial charge in [0.15, 0.2) is 23.2 Å². The average molecular weight is 333 g/mol. The molecule has 1 aromatic heterocycles. The van der Waals surface area contributed by atoms with Crippen LogP contribution in [-0.2, 0) is 6.54 Å². The Morgan fingerprint density at radius 1 is 1.12 bits per heavy atom. The summed E-state index contributed by atoms with van der Waals surface area (Å²) in [6.45, 7) is 1.38. The predicted octanol–water partition coefficient (Wildman–Crippen LogP) is 4.32. The Morgan fingerprint density at radius 2 is 1.88 bits per heavy atom. The number of ether oxygens (including phenoxy) is 1. The van der Waals surface area contributed by atoms with Gasteiger partial charge in [0.1, 0.15) is 5.75 Å². The van der Waals surface area contributed by atoms with Gasteiger partial charge in [0.25, 0.3) is 0 Å². The summed E-state index contributed by atoms with van der Waals surface area (Å²) in [5.41, 5.74) is 1.05. The second-order valence-electron chi connectivity index (χ2n) is 5.42. The molecule has 0 saturated heterocycles. The molecular formula is C18H14F3NO2. The number of fused-ring (bicyclic) bond motifs is 1. The molecule has 1 heterocycles. The predicted molar refractivity (Wildman–Crippen MR) is 83.9 cm³/mol. The number of Topliss-reactive ketones (excluding diaryl/α,β-unsaturated/α-hetero) is 1. The minimum atomic E-state index is -1.51. The number of methoxy groups -OCH3 is 1. The molecule has 0 N–H and O–H groups in total. The largest absolute Gasteiger partial charge is 0.496 e. The van der Waals surface area contributed by atoms with Crippen molar-refractivity contribution in [3.05, 3.63) is 65.1 Å². The monoisotopic (exact) mass is 333 g/mol. The van der Waals surface area contributed by atoms with Crippen LogP contribution in [0.25, 0.3) is 10.9 Å². The second-order valence-corrected chi connectivity index (χ2v) is 5.42. The van der Waals surface area contributed by atoms with Gasteiger partial charge in [-0.1, -0.05) is 12.1 Å². The van der Waals surface area contributed by atoms with Crippen molar-refractivity contribution in [2.75, 3.05) is 7.11 Å². The highest BCUT2D eigenvalue weighted by Gasteiger charge is 2.18. The number of benzene rings is 2. The Hall–Kier alpha value is -2.76. The van der Waals surface area contributed by atoms with Crippen molar-refractivity contribution in [3.8, 4) is 5.75 Å². The topological polar surface area (TPSA) is 31.2 Å². The first-order valence-corrected chi connectivity index (χ1v) is 7.23. The molecule has 0 aliphatic heterocycles. The van der Waals surface area contributed by atoms with E-state index in [1.54, 1.807) is 29.0 Å². The Bertz CT molecular complexity index is 947. The Balaban J connectivity index is 2.18. The lowest BCUT2D eigenvalue weighted by Crippen LogP contribution is -2.04. The molecule has 0 unspecified atom stereocenters. The van der Waals surface area contributed by atoms with E-state index in [1.165, 1.54) is 20.1 Å². The van der Waals surface area contributed by atoms with Crippen molar-refractivity contribution >= 4 is 16.7 Å². The average Bonchev–Trinajstić information content (AvgIpc) is 2.94. The highest BCUT2D eigenvalue weighted by molar-refractivity contribution is 6.09. The maximum atomic E-state index is 13.9. The fourth-order valence-electron chi connectivity index (χ4n) is 2.76. The van der Waals surface area contributed by atoms with E-state index >= 15 is 0 Å². The molecule has 0 aliphatic carbocycles. The van der Waals surface area contributed by atoms with Crippen molar-refractivity contribution in [2.24, 2.45) is 0 Å². The number of hydrogen-bond acceptors (Lipinski definition) is 2. The van der Waals surface area contributed by atoms with Crippen molar-refractivity contribution < 1.29 is 22.7 Å². The van der Waals surface area contributed by atoms with Crippen LogP contribution in [0.2, 0.25) is 0 Å². The summed E-state index contributed by atoms with van der Waals surface area (Å²) in [5.74, 6) is -3.63. The molecule has 0 atom stereocenters. The fraction of sp³-hybridized carbons (Fsp3) is 0.167. The minimum absolute atomic E-state index is 0.0104. The van der Waals surface area contributed by atoms with E-state index in [1.807, 2.05) is 0 Å². The van der Waals surface area contributed by atoms with Gasteiger partial charge in [-0.25, -0.2) is 13.2 Å². The van der Waals surface area contributed by atoms with Crippen molar-refractivity contribution in [1.29, 1.82) is 0 Å². The van der Waals surface area contributed by atoms with Gasteiger partial charge in [-0.2, -0.15) is 0 Å². The highest BCUT2D eigenvalue weighted by atomic mass is 19.2. The van der Waals surface area contributed by atoms with Crippen LogP contribution in [0.4, 0.5) is 13.2 Å². The number of rotatable bonds is 4. The summed E-state index contributed by atoms with van der Waals surface area (Å²) in [6, 6.07) is 7.28. The smallest absolute Gasteiger partial charge is 0.194 e. The van der Waals surface area contributed by atoms with Gasteiger partial charge < -0.3 is 9.30 Å². The standard InChI is InChI=1S/C18H14F3NO2/c1-10(23)12-9-22(14-4-3-5-15(24-2)16(12)14)8-11-6-7-13(19)18(21)17(11)20/h3-7,9H,8H2,1-2H3. The van der Waals surface area contributed by atoms with E-state index in [0.717, 1.165) is 6.07 Å². The van der Waals surface area contributed by atoms with Crippen LogP contribution < -0.4 is 4.74 Å². The number of hydrogen-bond donors (Lipinski definition) is 0. The normalized spacial score (nSPS) is 11.0. The van der Waals surface area contributed by atoms with Crippen LogP contribution >= 0.6 is 0 Å². The Morgan fingerprint density at radius 3 is 2.54 bits per heavy atom. The van der Waals surface area contributed by atoms with Gasteiger partial charge in [0.2, 0.25) is 0 Å². The summed E-state index contributed by atoms with van der Waals surface area (Å²) in [7, 11) is 1.49. The molecule has 0 radical (unpaired) electrons. The Labute approximate surface area is 136 Å². The van der Waals surface area contributed by atoms with Gasteiger partial charge in [0.05, 0.1) is 24.6 Å². The number of ketones is 1. The second kappa shape index (κ2) is 6.03. The number of carbonyl (C=O) groups excluding carboxylic acids is 1. The third-order valence-electron chi connectivity index (χ3n) is 3.92. The third-order valence-corrected chi connectivity index (χ3v) is 3.92. The molecule has 0 fully saturated rings. The van der Waals surface area contributed by atoms with E-state index in [4.69, 9.17) is 4.74 Å². The van der Waals surface area contributed by atoms with E-state index in [2.05, 4.69) is 0 Å². The zero-order valence-electron chi connectivity index (χ0n) is 13.1. The van der Waals surface area contributed by atoms with Gasteiger partial charge in [-0.05, 0) is 25.1 Å². The molecule has 0 saturated carbocycles. The van der Waals surface area contributed by atoms with E-state index in [9.17, 15) is 18.0 Å². The third kappa shape index (κ3) is 2.54. The van der Waals surface area contributed by atoms with Gasteiger partial charge in [-0.15, -0.1) is 0 Å². The first-order valence-electron chi connectivity index (χ1n) is 7.23. The Kier molecular flexibility index (Phi) is 4.05. The van der Waals surface area contributed by atoms with E-state index in [0.29, 0.717) is 22.2 Å². The maximum Gasteiger partial charge on any atom is 0.194 e. The molecule has 0 amide bonds. The summed E-state index contributed by atoms with van der Waals surface area (Å²) in [4.78, 5) is 11.9. The molecule has 0 aliphatic rings. The molecule has 0 spiro atoms. The van der Waals surface area contributed by atoms with E-state index in [-0.39, 0.29) is 17.9 Å². The summed E-state index contributed by atoms with van der Waals surface area (Å²) in [5, 5.41) is 0.607. The first kappa shape index (κ1) is 16.1. The molecule has 24 heavy (non-hydrogen) atoms.